The first-order valence-electron chi connectivity index (χ1n) is 13.2. The molecule has 1 saturated heterocycles. The highest BCUT2D eigenvalue weighted by Gasteiger charge is 2.33. The Labute approximate surface area is 254 Å². The first kappa shape index (κ1) is 28.7. The van der Waals surface area contributed by atoms with Crippen molar-refractivity contribution in [1.29, 1.82) is 0 Å². The van der Waals surface area contributed by atoms with Crippen LogP contribution in [-0.2, 0) is 11.3 Å². The lowest BCUT2D eigenvalue weighted by Crippen LogP contribution is -2.57. The number of benzene rings is 3. The summed E-state index contributed by atoms with van der Waals surface area (Å²) in [6.07, 6.45) is 1.57. The summed E-state index contributed by atoms with van der Waals surface area (Å²) in [4.78, 5) is 39.7. The van der Waals surface area contributed by atoms with Crippen LogP contribution in [0.1, 0.15) is 27.0 Å². The summed E-state index contributed by atoms with van der Waals surface area (Å²) >= 11 is 12.8. The van der Waals surface area contributed by atoms with E-state index in [1.54, 1.807) is 30.5 Å². The number of carboxylic acid groups (broad SMARTS) is 1. The van der Waals surface area contributed by atoms with Gasteiger partial charge in [0.1, 0.15) is 17.7 Å². The molecule has 0 spiro atoms. The summed E-state index contributed by atoms with van der Waals surface area (Å²) in [6, 6.07) is 12.2. The van der Waals surface area contributed by atoms with Crippen molar-refractivity contribution in [3.63, 3.8) is 0 Å². The Kier molecular flexibility index (Phi) is 7.78. The molecular formula is C30H22Cl2F2N6O3. The molecule has 1 aromatic heterocycles. The van der Waals surface area contributed by atoms with Gasteiger partial charge < -0.3 is 20.6 Å². The van der Waals surface area contributed by atoms with E-state index in [1.165, 1.54) is 35.2 Å². The molecule has 3 heterocycles. The molecule has 0 saturated carbocycles. The highest BCUT2D eigenvalue weighted by atomic mass is 35.5. The minimum Gasteiger partial charge on any atom is -0.480 e. The second-order valence-electron chi connectivity index (χ2n) is 9.90. The number of halogens is 4. The van der Waals surface area contributed by atoms with Crippen LogP contribution >= 0.6 is 23.2 Å². The largest absolute Gasteiger partial charge is 0.480 e. The van der Waals surface area contributed by atoms with Crippen LogP contribution in [0.4, 0.5) is 20.4 Å². The predicted molar refractivity (Wildman–Crippen MR) is 158 cm³/mol. The van der Waals surface area contributed by atoms with Crippen LogP contribution in [0.25, 0.3) is 11.3 Å². The number of aromatic nitrogens is 2. The zero-order valence-electron chi connectivity index (χ0n) is 22.2. The van der Waals surface area contributed by atoms with Crippen LogP contribution in [0.5, 0.6) is 0 Å². The second-order valence-corrected chi connectivity index (χ2v) is 10.7. The second kappa shape index (κ2) is 11.7. The average Bonchev–Trinajstić information content (AvgIpc) is 3.13. The third-order valence-electron chi connectivity index (χ3n) is 7.21. The fourth-order valence-corrected chi connectivity index (χ4v) is 5.57. The van der Waals surface area contributed by atoms with Crippen molar-refractivity contribution in [1.82, 2.24) is 20.2 Å². The molecule has 218 valence electrons. The van der Waals surface area contributed by atoms with Crippen LogP contribution in [0, 0.1) is 11.6 Å². The number of nitrogens with zero attached hydrogens (tertiary/aromatic N) is 4. The van der Waals surface area contributed by atoms with Crippen molar-refractivity contribution in [2.24, 2.45) is 4.99 Å². The van der Waals surface area contributed by atoms with Crippen molar-refractivity contribution in [2.45, 2.75) is 12.6 Å². The van der Waals surface area contributed by atoms with Crippen molar-refractivity contribution in [3.05, 3.63) is 105 Å². The van der Waals surface area contributed by atoms with Crippen LogP contribution in [0.2, 0.25) is 10.0 Å². The number of aliphatic carboxylic acids is 1. The fraction of sp³-hybridized carbons (Fsp3) is 0.167. The molecule has 2 aliphatic heterocycles. The average molecular weight is 623 g/mol. The molecule has 1 unspecified atom stereocenters. The Morgan fingerprint density at radius 1 is 1.05 bits per heavy atom. The van der Waals surface area contributed by atoms with Gasteiger partial charge in [-0.05, 0) is 42.5 Å². The van der Waals surface area contributed by atoms with Gasteiger partial charge in [-0.3, -0.25) is 9.79 Å². The van der Waals surface area contributed by atoms with Crippen molar-refractivity contribution in [3.8, 4) is 11.3 Å². The molecular weight excluding hydrogens is 601 g/mol. The van der Waals surface area contributed by atoms with E-state index in [-0.39, 0.29) is 47.4 Å². The molecule has 13 heteroatoms. The molecule has 2 aliphatic rings. The Morgan fingerprint density at radius 2 is 1.84 bits per heavy atom. The number of rotatable bonds is 5. The molecule has 4 aromatic rings. The molecule has 3 aromatic carbocycles. The zero-order chi connectivity index (χ0) is 30.2. The van der Waals surface area contributed by atoms with E-state index in [0.29, 0.717) is 39.6 Å². The lowest BCUT2D eigenvalue weighted by atomic mass is 9.95. The van der Waals surface area contributed by atoms with Gasteiger partial charge in [-0.15, -0.1) is 0 Å². The fourth-order valence-electron chi connectivity index (χ4n) is 5.14. The van der Waals surface area contributed by atoms with Gasteiger partial charge in [0, 0.05) is 53.2 Å². The van der Waals surface area contributed by atoms with Gasteiger partial charge in [0.2, 0.25) is 5.95 Å². The van der Waals surface area contributed by atoms with Crippen LogP contribution in [0.15, 0.2) is 65.8 Å². The summed E-state index contributed by atoms with van der Waals surface area (Å²) < 4.78 is 29.6. The smallest absolute Gasteiger partial charge is 0.327 e. The molecule has 9 nitrogen and oxygen atoms in total. The van der Waals surface area contributed by atoms with Gasteiger partial charge in [0.15, 0.2) is 0 Å². The summed E-state index contributed by atoms with van der Waals surface area (Å²) in [5.74, 6) is -2.89. The zero-order valence-corrected chi connectivity index (χ0v) is 23.8. The van der Waals surface area contributed by atoms with E-state index in [2.05, 4.69) is 25.6 Å². The summed E-state index contributed by atoms with van der Waals surface area (Å²) in [7, 11) is 0. The number of fused-ring (bicyclic) bond motifs is 3. The molecule has 43 heavy (non-hydrogen) atoms. The van der Waals surface area contributed by atoms with Crippen LogP contribution in [-0.4, -0.2) is 63.2 Å². The SMILES string of the molecule is O=C(O)C1CNCCN1C(=O)c1ccc(Nc2ncc3c(n2)-c2ccc(Cl)cc2C(c2c(F)cccc2F)=NC3)cc1Cl. The van der Waals surface area contributed by atoms with Crippen molar-refractivity contribution >= 4 is 52.4 Å². The molecule has 3 N–H and O–H groups in total. The highest BCUT2D eigenvalue weighted by Crippen LogP contribution is 2.35. The third-order valence-corrected chi connectivity index (χ3v) is 7.76. The number of nitrogens with one attached hydrogen (secondary N) is 2. The number of aliphatic imine (C=N–C) groups is 1. The van der Waals surface area contributed by atoms with Crippen LogP contribution in [0.3, 0.4) is 0 Å². The molecule has 1 amide bonds. The Balaban J connectivity index is 1.31. The number of anilines is 2. The number of amides is 1. The molecule has 0 aliphatic carbocycles. The van der Waals surface area contributed by atoms with Gasteiger partial charge in [-0.2, -0.15) is 0 Å². The Morgan fingerprint density at radius 3 is 2.58 bits per heavy atom. The minimum atomic E-state index is -1.10. The van der Waals surface area contributed by atoms with E-state index in [1.807, 2.05) is 0 Å². The maximum absolute atomic E-state index is 14.8. The van der Waals surface area contributed by atoms with Crippen molar-refractivity contribution < 1.29 is 23.5 Å². The minimum absolute atomic E-state index is 0.0665. The summed E-state index contributed by atoms with van der Waals surface area (Å²) in [5, 5.41) is 16.0. The quantitative estimate of drug-likeness (QED) is 0.275. The Bertz CT molecular complexity index is 1800. The summed E-state index contributed by atoms with van der Waals surface area (Å²) in [5.41, 5.74) is 2.60. The number of hydrogen-bond acceptors (Lipinski definition) is 7. The van der Waals surface area contributed by atoms with Gasteiger partial charge in [0.05, 0.1) is 34.1 Å². The molecule has 0 radical (unpaired) electrons. The monoisotopic (exact) mass is 622 g/mol. The first-order chi connectivity index (χ1) is 20.7. The van der Waals surface area contributed by atoms with E-state index < -0.39 is 29.6 Å². The number of carbonyl (C=O) groups is 2. The van der Waals surface area contributed by atoms with E-state index >= 15 is 0 Å². The first-order valence-corrected chi connectivity index (χ1v) is 13.9. The predicted octanol–water partition coefficient (Wildman–Crippen LogP) is 5.32. The van der Waals surface area contributed by atoms with Gasteiger partial charge in [-0.25, -0.2) is 23.5 Å². The van der Waals surface area contributed by atoms with Gasteiger partial charge in [-0.1, -0.05) is 35.3 Å². The Hall–Kier alpha value is -4.45. The summed E-state index contributed by atoms with van der Waals surface area (Å²) in [6.45, 7) is 0.915. The molecule has 1 fully saturated rings. The normalized spacial score (nSPS) is 16.0. The van der Waals surface area contributed by atoms with E-state index in [4.69, 9.17) is 23.2 Å². The van der Waals surface area contributed by atoms with E-state index in [9.17, 15) is 23.5 Å². The molecule has 6 rings (SSSR count). The van der Waals surface area contributed by atoms with Gasteiger partial charge in [0.25, 0.3) is 5.91 Å². The number of carboxylic acids is 1. The maximum Gasteiger partial charge on any atom is 0.327 e. The lowest BCUT2D eigenvalue weighted by Gasteiger charge is -2.33. The molecule has 1 atom stereocenters. The number of carbonyl (C=O) groups excluding carboxylic acids is 1. The van der Waals surface area contributed by atoms with Crippen LogP contribution < -0.4 is 10.6 Å². The standard InChI is InChI=1S/C30H22Cl2F2N6O3/c31-16-4-6-18-20(10-16)27(25-22(33)2-1-3-23(25)34)36-12-15-13-37-30(39-26(15)18)38-17-5-7-19(21(32)11-17)28(41)40-9-8-35-14-24(40)29(42)43/h1-7,10-11,13,24,35H,8-9,12,14H2,(H,42,43)(H,37,38,39). The third kappa shape index (κ3) is 5.54. The topological polar surface area (TPSA) is 120 Å². The maximum atomic E-state index is 14.8. The van der Waals surface area contributed by atoms with E-state index in [0.717, 1.165) is 0 Å². The number of hydrogen-bond donors (Lipinski definition) is 3. The van der Waals surface area contributed by atoms with Crippen molar-refractivity contribution in [2.75, 3.05) is 25.0 Å². The lowest BCUT2D eigenvalue weighted by molar-refractivity contribution is -0.142. The number of piperazine rings is 1. The highest BCUT2D eigenvalue weighted by molar-refractivity contribution is 6.34. The molecule has 0 bridgehead atoms. The van der Waals surface area contributed by atoms with Gasteiger partial charge >= 0.3 is 5.97 Å².